The Morgan fingerprint density at radius 2 is 1.88 bits per heavy atom. The average Bonchev–Trinajstić information content (AvgIpc) is 3.61. The largest absolute Gasteiger partial charge is 0.469 e. The highest BCUT2D eigenvalue weighted by molar-refractivity contribution is 5.92. The number of methoxy groups -OCH3 is 1. The van der Waals surface area contributed by atoms with E-state index in [1.807, 2.05) is 27.7 Å². The first-order chi connectivity index (χ1) is 19.7. The number of allylic oxidation sites excluding steroid dienone is 2. The molecule has 2 N–H and O–H groups in total. The standard InChI is InChI=1S/C32H42O10/c1-14(2)8-23(35)41-21-12-20(33)30(4)13-39-26-27(30)31(21,5)19(11-22(34)38-7)32(6)25-15(3)16(9-18(25)40-28(26)32)17-10-24(36)42-29(17)37/h8,10,16,18-21,24,26-28,33,36H,9,11-13H2,1-7H3. The van der Waals surface area contributed by atoms with Gasteiger partial charge < -0.3 is 33.9 Å². The summed E-state index contributed by atoms with van der Waals surface area (Å²) in [5, 5.41) is 21.5. The molecule has 0 aromatic heterocycles. The summed E-state index contributed by atoms with van der Waals surface area (Å²) in [5.74, 6) is -2.40. The molecule has 3 aliphatic heterocycles. The number of esters is 3. The van der Waals surface area contributed by atoms with Crippen LogP contribution in [0.2, 0.25) is 0 Å². The van der Waals surface area contributed by atoms with Gasteiger partial charge in [0.15, 0.2) is 0 Å². The second-order valence-electron chi connectivity index (χ2n) is 14.0. The maximum Gasteiger partial charge on any atom is 0.337 e. The lowest BCUT2D eigenvalue weighted by atomic mass is 9.40. The molecule has 0 bridgehead atoms. The number of ether oxygens (including phenoxy) is 5. The van der Waals surface area contributed by atoms with Crippen LogP contribution in [-0.2, 0) is 38.1 Å². The van der Waals surface area contributed by atoms with Gasteiger partial charge in [-0.15, -0.1) is 0 Å². The minimum atomic E-state index is -1.27. The lowest BCUT2D eigenvalue weighted by molar-refractivity contribution is -0.248. The van der Waals surface area contributed by atoms with Gasteiger partial charge in [-0.05, 0) is 44.8 Å². The van der Waals surface area contributed by atoms with Crippen molar-refractivity contribution < 1.29 is 48.3 Å². The van der Waals surface area contributed by atoms with E-state index in [4.69, 9.17) is 23.7 Å². The average molecular weight is 587 g/mol. The van der Waals surface area contributed by atoms with Crippen LogP contribution in [0.15, 0.2) is 34.4 Å². The molecule has 2 saturated heterocycles. The molecule has 12 unspecified atom stereocenters. The first kappa shape index (κ1) is 29.5. The van der Waals surface area contributed by atoms with Gasteiger partial charge >= 0.3 is 17.9 Å². The summed E-state index contributed by atoms with van der Waals surface area (Å²) in [5.41, 5.74) is 0.984. The number of rotatable bonds is 5. The van der Waals surface area contributed by atoms with E-state index in [0.717, 1.165) is 16.7 Å². The Kier molecular flexibility index (Phi) is 6.85. The van der Waals surface area contributed by atoms with Crippen molar-refractivity contribution in [1.29, 1.82) is 0 Å². The maximum absolute atomic E-state index is 13.2. The summed E-state index contributed by atoms with van der Waals surface area (Å²) < 4.78 is 29.8. The molecule has 0 aromatic carbocycles. The van der Waals surface area contributed by atoms with E-state index in [0.29, 0.717) is 18.6 Å². The van der Waals surface area contributed by atoms with Gasteiger partial charge in [-0.2, -0.15) is 0 Å². The monoisotopic (exact) mass is 586 g/mol. The number of aliphatic hydroxyl groups excluding tert-OH is 2. The van der Waals surface area contributed by atoms with Crippen LogP contribution in [0.3, 0.4) is 0 Å². The first-order valence-corrected chi connectivity index (χ1v) is 14.9. The zero-order valence-electron chi connectivity index (χ0n) is 25.3. The fourth-order valence-electron chi connectivity index (χ4n) is 9.92. The van der Waals surface area contributed by atoms with Crippen LogP contribution in [-0.4, -0.2) is 78.6 Å². The number of fused-ring (bicyclic) bond motifs is 4. The van der Waals surface area contributed by atoms with Crippen LogP contribution in [0, 0.1) is 34.0 Å². The highest BCUT2D eigenvalue weighted by atomic mass is 16.6. The molecule has 42 heavy (non-hydrogen) atoms. The van der Waals surface area contributed by atoms with Crippen LogP contribution in [0.1, 0.15) is 60.8 Å². The molecule has 12 atom stereocenters. The highest BCUT2D eigenvalue weighted by Crippen LogP contribution is 2.73. The van der Waals surface area contributed by atoms with E-state index >= 15 is 0 Å². The van der Waals surface area contributed by atoms with E-state index in [-0.39, 0.29) is 36.8 Å². The van der Waals surface area contributed by atoms with Crippen LogP contribution in [0.4, 0.5) is 0 Å². The SMILES string of the molecule is COC(=O)CC1C2(C)C3=C(C)C(C4=CC(O)OC4=O)CC3OC2C2OCC3(C)C(O)CC(OC(=O)C=C(C)C)C1(C)C23. The summed E-state index contributed by atoms with van der Waals surface area (Å²) in [4.78, 5) is 38.9. The summed E-state index contributed by atoms with van der Waals surface area (Å²) >= 11 is 0. The fourth-order valence-corrected chi connectivity index (χ4v) is 9.92. The van der Waals surface area contributed by atoms with E-state index in [1.54, 1.807) is 0 Å². The first-order valence-electron chi connectivity index (χ1n) is 14.9. The number of hydrogen-bond donors (Lipinski definition) is 2. The van der Waals surface area contributed by atoms with Gasteiger partial charge in [-0.3, -0.25) is 4.79 Å². The van der Waals surface area contributed by atoms with Crippen molar-refractivity contribution >= 4 is 17.9 Å². The van der Waals surface area contributed by atoms with E-state index in [9.17, 15) is 24.6 Å². The quantitative estimate of drug-likeness (QED) is 0.214. The Morgan fingerprint density at radius 3 is 2.50 bits per heavy atom. The third kappa shape index (κ3) is 3.87. The number of cyclic esters (lactones) is 1. The number of hydrogen-bond acceptors (Lipinski definition) is 10. The molecule has 0 radical (unpaired) electrons. The van der Waals surface area contributed by atoms with E-state index in [1.165, 1.54) is 19.3 Å². The van der Waals surface area contributed by atoms with Crippen LogP contribution in [0.25, 0.3) is 0 Å². The van der Waals surface area contributed by atoms with Crippen molar-refractivity contribution in [2.75, 3.05) is 13.7 Å². The number of carbonyl (C=O) groups is 3. The predicted octanol–water partition coefficient (Wildman–Crippen LogP) is 2.76. The molecule has 230 valence electrons. The molecule has 6 rings (SSSR count). The molecular weight excluding hydrogens is 544 g/mol. The van der Waals surface area contributed by atoms with Crippen molar-refractivity contribution in [2.24, 2.45) is 34.0 Å². The van der Waals surface area contributed by atoms with Gasteiger partial charge in [-0.1, -0.05) is 31.9 Å². The third-order valence-corrected chi connectivity index (χ3v) is 11.6. The van der Waals surface area contributed by atoms with Gasteiger partial charge in [0.2, 0.25) is 6.29 Å². The molecule has 10 heteroatoms. The van der Waals surface area contributed by atoms with Crippen molar-refractivity contribution in [3.8, 4) is 0 Å². The molecule has 3 aliphatic carbocycles. The second kappa shape index (κ2) is 9.74. The molecular formula is C32H42O10. The van der Waals surface area contributed by atoms with Crippen LogP contribution < -0.4 is 0 Å². The number of carbonyl (C=O) groups excluding carboxylic acids is 3. The molecule has 10 nitrogen and oxygen atoms in total. The Morgan fingerprint density at radius 1 is 1.17 bits per heavy atom. The van der Waals surface area contributed by atoms with Crippen molar-refractivity contribution in [2.45, 2.75) is 97.6 Å². The minimum absolute atomic E-state index is 0.0487. The minimum Gasteiger partial charge on any atom is -0.469 e. The Balaban J connectivity index is 1.52. The van der Waals surface area contributed by atoms with E-state index in [2.05, 4.69) is 13.8 Å². The summed E-state index contributed by atoms with van der Waals surface area (Å²) in [6.45, 7) is 12.1. The Bertz CT molecular complexity index is 1310. The zero-order chi connectivity index (χ0) is 30.5. The smallest absolute Gasteiger partial charge is 0.337 e. The van der Waals surface area contributed by atoms with Gasteiger partial charge in [0, 0.05) is 52.6 Å². The van der Waals surface area contributed by atoms with Crippen molar-refractivity contribution in [3.05, 3.63) is 34.4 Å². The zero-order valence-corrected chi connectivity index (χ0v) is 25.3. The lowest BCUT2D eigenvalue weighted by Crippen LogP contribution is -2.70. The molecule has 2 saturated carbocycles. The van der Waals surface area contributed by atoms with Gasteiger partial charge in [0.05, 0.1) is 38.1 Å². The highest BCUT2D eigenvalue weighted by Gasteiger charge is 2.78. The second-order valence-corrected chi connectivity index (χ2v) is 14.0. The summed E-state index contributed by atoms with van der Waals surface area (Å²) in [6, 6.07) is 0. The summed E-state index contributed by atoms with van der Waals surface area (Å²) in [7, 11) is 1.36. The van der Waals surface area contributed by atoms with Crippen molar-refractivity contribution in [3.63, 3.8) is 0 Å². The molecule has 4 fully saturated rings. The van der Waals surface area contributed by atoms with E-state index < -0.39 is 64.8 Å². The Labute approximate surface area is 246 Å². The van der Waals surface area contributed by atoms with Crippen LogP contribution in [0.5, 0.6) is 0 Å². The lowest BCUT2D eigenvalue weighted by Gasteiger charge is -2.65. The molecule has 3 heterocycles. The fraction of sp³-hybridized carbons (Fsp3) is 0.719. The van der Waals surface area contributed by atoms with Crippen LogP contribution >= 0.6 is 0 Å². The third-order valence-electron chi connectivity index (χ3n) is 11.6. The normalized spacial score (nSPS) is 46.8. The van der Waals surface area contributed by atoms with Gasteiger partial charge in [-0.25, -0.2) is 9.59 Å². The van der Waals surface area contributed by atoms with Crippen molar-refractivity contribution in [1.82, 2.24) is 0 Å². The molecule has 0 amide bonds. The van der Waals surface area contributed by atoms with Gasteiger partial charge in [0.1, 0.15) is 6.10 Å². The van der Waals surface area contributed by atoms with Gasteiger partial charge in [0.25, 0.3) is 0 Å². The predicted molar refractivity (Wildman–Crippen MR) is 147 cm³/mol. The molecule has 0 aromatic rings. The summed E-state index contributed by atoms with van der Waals surface area (Å²) in [6.07, 6.45) is -0.295. The molecule has 6 aliphatic rings. The number of aliphatic hydroxyl groups is 2. The Hall–Kier alpha value is -2.53. The maximum atomic E-state index is 13.2. The topological polar surface area (TPSA) is 138 Å². The molecule has 0 spiro atoms.